The molecule has 0 aromatic carbocycles. The SMILES string of the molecule is CC1CN(C)CCC1NC(=O)C1CCC2CCCCC2N1. The molecular formula is C17H31N3O. The molecule has 5 atom stereocenters. The van der Waals surface area contributed by atoms with Gasteiger partial charge in [-0.05, 0) is 57.5 Å². The number of nitrogens with one attached hydrogen (secondary N) is 2. The molecule has 2 saturated heterocycles. The maximum Gasteiger partial charge on any atom is 0.237 e. The smallest absolute Gasteiger partial charge is 0.237 e. The fourth-order valence-corrected chi connectivity index (χ4v) is 4.55. The fraction of sp³-hybridized carbons (Fsp3) is 0.941. The molecule has 2 N–H and O–H groups in total. The highest BCUT2D eigenvalue weighted by molar-refractivity contribution is 5.82. The second-order valence-electron chi connectivity index (χ2n) is 7.59. The van der Waals surface area contributed by atoms with Crippen molar-refractivity contribution in [3.05, 3.63) is 0 Å². The van der Waals surface area contributed by atoms with Gasteiger partial charge < -0.3 is 15.5 Å². The van der Waals surface area contributed by atoms with Crippen LogP contribution in [0, 0.1) is 11.8 Å². The van der Waals surface area contributed by atoms with Crippen molar-refractivity contribution in [2.45, 2.75) is 70.0 Å². The van der Waals surface area contributed by atoms with E-state index in [2.05, 4.69) is 29.5 Å². The van der Waals surface area contributed by atoms with E-state index in [9.17, 15) is 4.79 Å². The van der Waals surface area contributed by atoms with Gasteiger partial charge >= 0.3 is 0 Å². The van der Waals surface area contributed by atoms with Gasteiger partial charge in [-0.15, -0.1) is 0 Å². The summed E-state index contributed by atoms with van der Waals surface area (Å²) in [6, 6.07) is 1.01. The molecule has 3 rings (SSSR count). The molecule has 0 spiro atoms. The quantitative estimate of drug-likeness (QED) is 0.815. The lowest BCUT2D eigenvalue weighted by molar-refractivity contribution is -0.126. The zero-order chi connectivity index (χ0) is 14.8. The van der Waals surface area contributed by atoms with Crippen molar-refractivity contribution in [2.24, 2.45) is 11.8 Å². The number of hydrogen-bond acceptors (Lipinski definition) is 3. The molecule has 0 aromatic heterocycles. The summed E-state index contributed by atoms with van der Waals surface area (Å²) < 4.78 is 0. The maximum atomic E-state index is 12.6. The van der Waals surface area contributed by atoms with E-state index in [1.165, 1.54) is 32.1 Å². The van der Waals surface area contributed by atoms with Crippen LogP contribution in [0.4, 0.5) is 0 Å². The molecule has 3 fully saturated rings. The summed E-state index contributed by atoms with van der Waals surface area (Å²) in [4.78, 5) is 14.9. The lowest BCUT2D eigenvalue weighted by atomic mass is 9.77. The Morgan fingerprint density at radius 2 is 1.95 bits per heavy atom. The number of hydrogen-bond donors (Lipinski definition) is 2. The average molecular weight is 293 g/mol. The van der Waals surface area contributed by atoms with Gasteiger partial charge in [0, 0.05) is 18.6 Å². The molecule has 1 amide bonds. The molecule has 4 nitrogen and oxygen atoms in total. The van der Waals surface area contributed by atoms with E-state index < -0.39 is 0 Å². The molecule has 2 aliphatic heterocycles. The third-order valence-electron chi connectivity index (χ3n) is 5.90. The molecule has 0 aromatic rings. The number of carbonyl (C=O) groups excluding carboxylic acids is 1. The van der Waals surface area contributed by atoms with Crippen LogP contribution in [0.25, 0.3) is 0 Å². The van der Waals surface area contributed by atoms with E-state index in [0.717, 1.165) is 31.8 Å². The normalized spacial score (nSPS) is 41.3. The van der Waals surface area contributed by atoms with Crippen LogP contribution in [0.5, 0.6) is 0 Å². The molecule has 1 aliphatic carbocycles. The Kier molecular flexibility index (Phi) is 4.85. The average Bonchev–Trinajstić information content (AvgIpc) is 2.49. The van der Waals surface area contributed by atoms with Crippen LogP contribution in [0.15, 0.2) is 0 Å². The monoisotopic (exact) mass is 293 g/mol. The standard InChI is InChI=1S/C17H31N3O/c1-12-11-20(2)10-9-14(12)19-17(21)16-8-7-13-5-3-4-6-15(13)18-16/h12-16,18H,3-11H2,1-2H3,(H,19,21). The van der Waals surface area contributed by atoms with Crippen LogP contribution in [0.3, 0.4) is 0 Å². The highest BCUT2D eigenvalue weighted by Crippen LogP contribution is 2.32. The first-order valence-electron chi connectivity index (χ1n) is 8.88. The number of piperidine rings is 2. The van der Waals surface area contributed by atoms with Gasteiger partial charge in [0.1, 0.15) is 0 Å². The van der Waals surface area contributed by atoms with Crippen LogP contribution in [0.1, 0.15) is 51.9 Å². The first-order chi connectivity index (χ1) is 10.1. The highest BCUT2D eigenvalue weighted by atomic mass is 16.2. The molecule has 21 heavy (non-hydrogen) atoms. The number of rotatable bonds is 2. The Bertz CT molecular complexity index is 373. The minimum atomic E-state index is 0.0520. The van der Waals surface area contributed by atoms with Gasteiger partial charge in [0.05, 0.1) is 6.04 Å². The molecule has 1 saturated carbocycles. The fourth-order valence-electron chi connectivity index (χ4n) is 4.55. The summed E-state index contributed by atoms with van der Waals surface area (Å²) in [6.45, 7) is 4.44. The van der Waals surface area contributed by atoms with E-state index in [1.54, 1.807) is 0 Å². The van der Waals surface area contributed by atoms with Crippen LogP contribution < -0.4 is 10.6 Å². The van der Waals surface area contributed by atoms with Crippen LogP contribution in [-0.2, 0) is 4.79 Å². The van der Waals surface area contributed by atoms with Crippen molar-refractivity contribution < 1.29 is 4.79 Å². The predicted octanol–water partition coefficient (Wildman–Crippen LogP) is 1.75. The van der Waals surface area contributed by atoms with Crippen molar-refractivity contribution in [3.63, 3.8) is 0 Å². The van der Waals surface area contributed by atoms with Crippen molar-refractivity contribution in [1.82, 2.24) is 15.5 Å². The first kappa shape index (κ1) is 15.3. The molecule has 5 unspecified atom stereocenters. The zero-order valence-corrected chi connectivity index (χ0v) is 13.6. The largest absolute Gasteiger partial charge is 0.352 e. The Hall–Kier alpha value is -0.610. The minimum Gasteiger partial charge on any atom is -0.352 e. The summed E-state index contributed by atoms with van der Waals surface area (Å²) in [6.07, 6.45) is 8.67. The van der Waals surface area contributed by atoms with Crippen molar-refractivity contribution >= 4 is 5.91 Å². The molecule has 3 aliphatic rings. The summed E-state index contributed by atoms with van der Waals surface area (Å²) in [5.74, 6) is 1.63. The van der Waals surface area contributed by atoms with Crippen LogP contribution >= 0.6 is 0 Å². The molecule has 2 heterocycles. The highest BCUT2D eigenvalue weighted by Gasteiger charge is 2.35. The third kappa shape index (κ3) is 3.59. The van der Waals surface area contributed by atoms with Gasteiger partial charge in [-0.3, -0.25) is 4.79 Å². The molecule has 4 heteroatoms. The molecule has 120 valence electrons. The van der Waals surface area contributed by atoms with E-state index in [-0.39, 0.29) is 11.9 Å². The maximum absolute atomic E-state index is 12.6. The van der Waals surface area contributed by atoms with E-state index in [4.69, 9.17) is 0 Å². The zero-order valence-electron chi connectivity index (χ0n) is 13.6. The number of nitrogens with zero attached hydrogens (tertiary/aromatic N) is 1. The van der Waals surface area contributed by atoms with Gasteiger partial charge in [-0.2, -0.15) is 0 Å². The van der Waals surface area contributed by atoms with E-state index >= 15 is 0 Å². The minimum absolute atomic E-state index is 0.0520. The lowest BCUT2D eigenvalue weighted by Crippen LogP contribution is -2.58. The van der Waals surface area contributed by atoms with Crippen LogP contribution in [-0.4, -0.2) is 49.1 Å². The summed E-state index contributed by atoms with van der Waals surface area (Å²) in [5, 5.41) is 6.97. The van der Waals surface area contributed by atoms with Gasteiger partial charge in [0.15, 0.2) is 0 Å². The molecular weight excluding hydrogens is 262 g/mol. The van der Waals surface area contributed by atoms with E-state index in [0.29, 0.717) is 18.0 Å². The van der Waals surface area contributed by atoms with E-state index in [1.807, 2.05) is 0 Å². The first-order valence-corrected chi connectivity index (χ1v) is 8.88. The Morgan fingerprint density at radius 3 is 2.76 bits per heavy atom. The summed E-state index contributed by atoms with van der Waals surface area (Å²) >= 11 is 0. The molecule has 0 bridgehead atoms. The number of likely N-dealkylation sites (tertiary alicyclic amines) is 1. The van der Waals surface area contributed by atoms with Gasteiger partial charge in [0.2, 0.25) is 5.91 Å². The Balaban J connectivity index is 1.51. The van der Waals surface area contributed by atoms with Crippen molar-refractivity contribution in [1.29, 1.82) is 0 Å². The van der Waals surface area contributed by atoms with Gasteiger partial charge in [-0.1, -0.05) is 19.8 Å². The second-order valence-corrected chi connectivity index (χ2v) is 7.59. The Morgan fingerprint density at radius 1 is 1.14 bits per heavy atom. The van der Waals surface area contributed by atoms with Crippen molar-refractivity contribution in [2.75, 3.05) is 20.1 Å². The van der Waals surface area contributed by atoms with Gasteiger partial charge in [0.25, 0.3) is 0 Å². The number of carbonyl (C=O) groups is 1. The number of amides is 1. The summed E-state index contributed by atoms with van der Waals surface area (Å²) in [7, 11) is 2.17. The van der Waals surface area contributed by atoms with Gasteiger partial charge in [-0.25, -0.2) is 0 Å². The second kappa shape index (κ2) is 6.66. The topological polar surface area (TPSA) is 44.4 Å². The summed E-state index contributed by atoms with van der Waals surface area (Å²) in [5.41, 5.74) is 0. The lowest BCUT2D eigenvalue weighted by Gasteiger charge is -2.41. The third-order valence-corrected chi connectivity index (χ3v) is 5.90. The number of fused-ring (bicyclic) bond motifs is 1. The van der Waals surface area contributed by atoms with Crippen molar-refractivity contribution in [3.8, 4) is 0 Å². The molecule has 0 radical (unpaired) electrons. The Labute approximate surface area is 129 Å². The van der Waals surface area contributed by atoms with Crippen LogP contribution in [0.2, 0.25) is 0 Å². The predicted molar refractivity (Wildman–Crippen MR) is 85.1 cm³/mol.